The molecule has 13 heteroatoms. The molecule has 2 aliphatic carbocycles. The number of carbonyl (C=O) groups excluding carboxylic acids is 3. The predicted molar refractivity (Wildman–Crippen MR) is 144 cm³/mol. The zero-order chi connectivity index (χ0) is 29.9. The Morgan fingerprint density at radius 3 is 2.52 bits per heavy atom. The monoisotopic (exact) mass is 581 g/mol. The molecule has 1 N–H and O–H groups in total. The van der Waals surface area contributed by atoms with Gasteiger partial charge in [-0.2, -0.15) is 5.26 Å². The van der Waals surface area contributed by atoms with Crippen LogP contribution in [0.15, 0.2) is 12.1 Å². The number of rotatable bonds is 8. The van der Waals surface area contributed by atoms with E-state index < -0.39 is 47.2 Å². The highest BCUT2D eigenvalue weighted by Gasteiger charge is 2.57. The van der Waals surface area contributed by atoms with Gasteiger partial charge in [0.15, 0.2) is 11.6 Å². The van der Waals surface area contributed by atoms with Gasteiger partial charge in [-0.05, 0) is 38.5 Å². The normalized spacial score (nSPS) is 24.4. The number of likely N-dealkylation sites (N-methyl/N-ethyl adjacent to an activating group) is 1. The van der Waals surface area contributed by atoms with Gasteiger partial charge in [-0.1, -0.05) is 30.9 Å². The van der Waals surface area contributed by atoms with Crippen molar-refractivity contribution in [2.45, 2.75) is 82.5 Å². The summed E-state index contributed by atoms with van der Waals surface area (Å²) in [4.78, 5) is 44.2. The van der Waals surface area contributed by atoms with E-state index in [0.717, 1.165) is 43.1 Å². The molecule has 4 aliphatic rings. The lowest BCUT2D eigenvalue weighted by Gasteiger charge is -2.36. The van der Waals surface area contributed by atoms with Crippen molar-refractivity contribution in [3.63, 3.8) is 0 Å². The van der Waals surface area contributed by atoms with Gasteiger partial charge in [0.1, 0.15) is 29.6 Å². The summed E-state index contributed by atoms with van der Waals surface area (Å²) in [5.74, 6) is -2.87. The molecule has 2 aromatic rings. The number of nitriles is 1. The third-order valence-electron chi connectivity index (χ3n) is 9.08. The summed E-state index contributed by atoms with van der Waals surface area (Å²) >= 11 is 0. The summed E-state index contributed by atoms with van der Waals surface area (Å²) in [5.41, 5.74) is -0.488. The maximum absolute atomic E-state index is 14.3. The predicted octanol–water partition coefficient (Wildman–Crippen LogP) is 3.04. The molecule has 1 unspecified atom stereocenters. The second kappa shape index (κ2) is 10.3. The summed E-state index contributed by atoms with van der Waals surface area (Å²) in [7, 11) is 1.60. The second-order valence-electron chi connectivity index (χ2n) is 12.2. The van der Waals surface area contributed by atoms with Gasteiger partial charge in [0.25, 0.3) is 5.91 Å². The van der Waals surface area contributed by atoms with Crippen molar-refractivity contribution in [3.05, 3.63) is 35.2 Å². The van der Waals surface area contributed by atoms with Crippen LogP contribution in [0.25, 0.3) is 0 Å². The first-order chi connectivity index (χ1) is 20.0. The number of hydrogen-bond donors (Lipinski definition) is 1. The number of amides is 3. The number of ether oxygens (including phenoxy) is 1. The molecule has 2 aliphatic heterocycles. The van der Waals surface area contributed by atoms with Gasteiger partial charge < -0.3 is 19.9 Å². The van der Waals surface area contributed by atoms with Crippen LogP contribution in [-0.2, 0) is 14.4 Å². The Morgan fingerprint density at radius 2 is 1.90 bits per heavy atom. The number of aryl methyl sites for hydroxylation is 1. The number of hydrogen-bond acceptors (Lipinski definition) is 7. The Labute approximate surface area is 241 Å². The Morgan fingerprint density at radius 1 is 1.21 bits per heavy atom. The highest BCUT2D eigenvalue weighted by atomic mass is 19.1. The number of aromatic nitrogens is 3. The highest BCUT2D eigenvalue weighted by molar-refractivity contribution is 6.02. The average molecular weight is 582 g/mol. The topological polar surface area (TPSA) is 133 Å². The second-order valence-corrected chi connectivity index (χ2v) is 12.2. The van der Waals surface area contributed by atoms with E-state index in [2.05, 4.69) is 21.7 Å². The zero-order valence-corrected chi connectivity index (χ0v) is 23.8. The van der Waals surface area contributed by atoms with Crippen molar-refractivity contribution in [1.29, 1.82) is 5.26 Å². The van der Waals surface area contributed by atoms with E-state index in [9.17, 15) is 28.4 Å². The first-order valence-corrected chi connectivity index (χ1v) is 14.4. The van der Waals surface area contributed by atoms with Crippen LogP contribution in [0.2, 0.25) is 0 Å². The SMILES string of the molecule is Cc1nnn([C@H](CC2CC2)C(=O)N(C)[C@@H](CC2CC2)C(=O)N2C[C@@]3(CC2C#N)Oc2cc(F)cc(F)c2NC3=O)c1C. The minimum absolute atomic E-state index is 0.186. The molecule has 1 saturated heterocycles. The molecule has 2 saturated carbocycles. The molecule has 11 nitrogen and oxygen atoms in total. The lowest BCUT2D eigenvalue weighted by molar-refractivity contribution is -0.148. The van der Waals surface area contributed by atoms with Crippen molar-refractivity contribution in [2.75, 3.05) is 18.9 Å². The number of benzene rings is 1. The number of nitrogens with one attached hydrogen (secondary N) is 1. The van der Waals surface area contributed by atoms with Gasteiger partial charge in [0.2, 0.25) is 17.4 Å². The molecule has 6 rings (SSSR count). The molecule has 42 heavy (non-hydrogen) atoms. The van der Waals surface area contributed by atoms with E-state index in [-0.39, 0.29) is 36.2 Å². The van der Waals surface area contributed by atoms with Gasteiger partial charge >= 0.3 is 0 Å². The molecule has 1 aromatic carbocycles. The van der Waals surface area contributed by atoms with Gasteiger partial charge in [0.05, 0.1) is 24.0 Å². The minimum Gasteiger partial charge on any atom is -0.473 e. The van der Waals surface area contributed by atoms with Crippen molar-refractivity contribution in [2.24, 2.45) is 11.8 Å². The molecule has 3 amide bonds. The van der Waals surface area contributed by atoms with E-state index in [1.54, 1.807) is 11.7 Å². The summed E-state index contributed by atoms with van der Waals surface area (Å²) < 4.78 is 35.8. The van der Waals surface area contributed by atoms with Crippen LogP contribution >= 0.6 is 0 Å². The summed E-state index contributed by atoms with van der Waals surface area (Å²) in [6.07, 6.45) is 4.75. The number of likely N-dealkylation sites (tertiary alicyclic amines) is 1. The molecule has 0 radical (unpaired) electrons. The van der Waals surface area contributed by atoms with Crippen molar-refractivity contribution < 1.29 is 27.9 Å². The van der Waals surface area contributed by atoms with Crippen LogP contribution < -0.4 is 10.1 Å². The van der Waals surface area contributed by atoms with Crippen LogP contribution in [0.5, 0.6) is 5.75 Å². The van der Waals surface area contributed by atoms with Gasteiger partial charge in [0, 0.05) is 25.6 Å². The van der Waals surface area contributed by atoms with Crippen LogP contribution in [-0.4, -0.2) is 73.8 Å². The van der Waals surface area contributed by atoms with Crippen LogP contribution in [0, 0.1) is 48.6 Å². The Kier molecular flexibility index (Phi) is 6.90. The van der Waals surface area contributed by atoms with Crippen molar-refractivity contribution >= 4 is 23.4 Å². The first kappa shape index (κ1) is 28.1. The molecule has 1 spiro atoms. The minimum atomic E-state index is -1.71. The van der Waals surface area contributed by atoms with Crippen LogP contribution in [0.3, 0.4) is 0 Å². The third kappa shape index (κ3) is 4.97. The molecule has 1 aromatic heterocycles. The number of halogens is 2. The van der Waals surface area contributed by atoms with E-state index in [1.807, 2.05) is 13.8 Å². The standard InChI is InChI=1S/C29H33F2N7O4/c1-15-16(2)38(35-34-15)23(9-18-6-7-18)26(39)36(3)22(8-17-4-5-17)27(40)37-14-29(12-20(37)13-32)28(41)33-25-21(31)10-19(30)11-24(25)42-29/h10-11,17-18,20,22-23H,4-9,12,14H2,1-3H3,(H,33,41)/t20?,22-,23+,29+/m0/s1. The average Bonchev–Trinajstić information content (AvgIpc) is 3.89. The Hall–Kier alpha value is -4.08. The summed E-state index contributed by atoms with van der Waals surface area (Å²) in [6.45, 7) is 3.39. The fourth-order valence-electron chi connectivity index (χ4n) is 6.06. The van der Waals surface area contributed by atoms with Crippen molar-refractivity contribution in [1.82, 2.24) is 24.8 Å². The smallest absolute Gasteiger partial charge is 0.270 e. The number of carbonyl (C=O) groups is 3. The lowest BCUT2D eigenvalue weighted by Crippen LogP contribution is -2.56. The summed E-state index contributed by atoms with van der Waals surface area (Å²) in [6, 6.07) is 1.14. The van der Waals surface area contributed by atoms with Crippen molar-refractivity contribution in [3.8, 4) is 11.8 Å². The first-order valence-electron chi connectivity index (χ1n) is 14.4. The molecule has 4 atom stereocenters. The third-order valence-corrected chi connectivity index (χ3v) is 9.08. The zero-order valence-electron chi connectivity index (χ0n) is 23.8. The fourth-order valence-corrected chi connectivity index (χ4v) is 6.06. The van der Waals surface area contributed by atoms with E-state index in [4.69, 9.17) is 4.74 Å². The molecular weight excluding hydrogens is 548 g/mol. The maximum Gasteiger partial charge on any atom is 0.270 e. The van der Waals surface area contributed by atoms with Gasteiger partial charge in [-0.15, -0.1) is 5.10 Å². The van der Waals surface area contributed by atoms with E-state index in [0.29, 0.717) is 24.8 Å². The highest BCUT2D eigenvalue weighted by Crippen LogP contribution is 2.43. The van der Waals surface area contributed by atoms with E-state index in [1.165, 1.54) is 9.80 Å². The Bertz CT molecular complexity index is 1500. The molecule has 0 bridgehead atoms. The number of fused-ring (bicyclic) bond motifs is 1. The molecule has 3 heterocycles. The number of nitrogens with zero attached hydrogens (tertiary/aromatic N) is 6. The fraction of sp³-hybridized carbons (Fsp3) is 0.586. The van der Waals surface area contributed by atoms with Crippen LogP contribution in [0.4, 0.5) is 14.5 Å². The van der Waals surface area contributed by atoms with Crippen LogP contribution in [0.1, 0.15) is 62.4 Å². The quantitative estimate of drug-likeness (QED) is 0.507. The molecular formula is C29H33F2N7O4. The molecule has 222 valence electrons. The lowest BCUT2D eigenvalue weighted by atomic mass is 9.97. The Balaban J connectivity index is 1.28. The largest absolute Gasteiger partial charge is 0.473 e. The number of anilines is 1. The van der Waals surface area contributed by atoms with E-state index >= 15 is 0 Å². The maximum atomic E-state index is 14.3. The summed E-state index contributed by atoms with van der Waals surface area (Å²) in [5, 5.41) is 20.8. The van der Waals surface area contributed by atoms with Gasteiger partial charge in [-0.3, -0.25) is 14.4 Å². The van der Waals surface area contributed by atoms with Gasteiger partial charge in [-0.25, -0.2) is 13.5 Å². The molecule has 3 fully saturated rings.